The van der Waals surface area contributed by atoms with Crippen molar-refractivity contribution in [3.8, 4) is 92.2 Å². The number of fused-ring (bicyclic) bond motifs is 18. The zero-order chi connectivity index (χ0) is 79.6. The number of Topliss-reactive ketones (excluding diaryl/α,β-unsaturated/α-hetero) is 1. The third-order valence-electron chi connectivity index (χ3n) is 21.9. The zero-order valence-corrected chi connectivity index (χ0v) is 65.5. The van der Waals surface area contributed by atoms with Gasteiger partial charge in [0.25, 0.3) is 0 Å². The smallest absolute Gasteiger partial charge is 0.195 e. The molecule has 0 radical (unpaired) electrons. The lowest BCUT2D eigenvalue weighted by molar-refractivity contribution is -0.108. The molecule has 19 aromatic rings. The average molecular weight is 1500 g/mol. The van der Waals surface area contributed by atoms with Crippen molar-refractivity contribution in [2.45, 2.75) is 13.8 Å². The van der Waals surface area contributed by atoms with E-state index in [0.29, 0.717) is 22.6 Å². The Labute approximate surface area is 676 Å². The van der Waals surface area contributed by atoms with Gasteiger partial charge in [0.15, 0.2) is 5.78 Å². The summed E-state index contributed by atoms with van der Waals surface area (Å²) in [5.74, 6) is 8.09. The van der Waals surface area contributed by atoms with Gasteiger partial charge in [-0.05, 0) is 179 Å². The summed E-state index contributed by atoms with van der Waals surface area (Å²) in [5.41, 5.74) is 17.1. The Morgan fingerprint density at radius 2 is 0.422 bits per heavy atom. The van der Waals surface area contributed by atoms with Gasteiger partial charge in [0.1, 0.15) is 23.0 Å². The van der Waals surface area contributed by atoms with Crippen molar-refractivity contribution in [1.29, 1.82) is 0 Å². The van der Waals surface area contributed by atoms with Crippen LogP contribution in [0.3, 0.4) is 0 Å². The highest BCUT2D eigenvalue weighted by atomic mass is 16.5. The van der Waals surface area contributed by atoms with E-state index in [1.165, 1.54) is 120 Å². The molecule has 19 aromatic carbocycles. The third kappa shape index (κ3) is 14.4. The molecule has 0 aromatic heterocycles. The molecule has 0 saturated carbocycles. The number of terminal acetylenes is 2. The summed E-state index contributed by atoms with van der Waals surface area (Å²) in [7, 11) is 6.44. The van der Waals surface area contributed by atoms with E-state index in [1.54, 1.807) is 40.6 Å². The Morgan fingerprint density at radius 3 is 0.647 bits per heavy atom. The summed E-state index contributed by atoms with van der Waals surface area (Å²) < 4.78 is 20.5. The molecule has 0 saturated heterocycles. The lowest BCUT2D eigenvalue weighted by Gasteiger charge is -2.18. The van der Waals surface area contributed by atoms with Gasteiger partial charge in [0, 0.05) is 33.7 Å². The third-order valence-corrected chi connectivity index (χ3v) is 21.9. The molecule has 0 spiro atoms. The largest absolute Gasteiger partial charge is 0.496 e. The molecule has 1 aliphatic carbocycles. The van der Waals surface area contributed by atoms with E-state index in [4.69, 9.17) is 31.8 Å². The summed E-state index contributed by atoms with van der Waals surface area (Å²) in [4.78, 5) is 14.0. The minimum absolute atomic E-state index is 0.101. The maximum atomic E-state index is 14.0. The van der Waals surface area contributed by atoms with Gasteiger partial charge >= 0.3 is 0 Å². The van der Waals surface area contributed by atoms with Crippen LogP contribution in [0.15, 0.2) is 376 Å². The van der Waals surface area contributed by atoms with Crippen LogP contribution in [0.1, 0.15) is 33.4 Å². The molecule has 0 heterocycles. The van der Waals surface area contributed by atoms with Crippen molar-refractivity contribution in [1.82, 2.24) is 0 Å². The predicted molar refractivity (Wildman–Crippen MR) is 488 cm³/mol. The molecule has 0 fully saturated rings. The molecule has 116 heavy (non-hydrogen) atoms. The van der Waals surface area contributed by atoms with Crippen molar-refractivity contribution >= 4 is 103 Å². The van der Waals surface area contributed by atoms with E-state index >= 15 is 0 Å². The van der Waals surface area contributed by atoms with Gasteiger partial charge in [-0.1, -0.05) is 364 Å². The van der Waals surface area contributed by atoms with E-state index in [9.17, 15) is 4.79 Å². The van der Waals surface area contributed by atoms with Crippen LogP contribution in [-0.2, 0) is 4.79 Å². The number of aryl methyl sites for hydroxylation is 2. The van der Waals surface area contributed by atoms with Crippen LogP contribution in [-0.4, -0.2) is 34.2 Å². The number of methoxy groups -OCH3 is 4. The Kier molecular flexibility index (Phi) is 21.9. The number of ketones is 1. The molecular weight excluding hydrogens is 1410 g/mol. The van der Waals surface area contributed by atoms with Crippen molar-refractivity contribution < 1.29 is 23.7 Å². The molecule has 0 atom stereocenters. The lowest BCUT2D eigenvalue weighted by Crippen LogP contribution is -2.27. The Morgan fingerprint density at radius 1 is 0.224 bits per heavy atom. The molecule has 1 aliphatic rings. The number of carbonyl (C=O) groups is 1. The van der Waals surface area contributed by atoms with Gasteiger partial charge in [0.2, 0.25) is 0 Å². The topological polar surface area (TPSA) is 54.0 Å². The fourth-order valence-electron chi connectivity index (χ4n) is 16.6. The molecule has 0 N–H and O–H groups in total. The van der Waals surface area contributed by atoms with E-state index in [1.807, 2.05) is 86.6 Å². The van der Waals surface area contributed by atoms with Gasteiger partial charge in [0.05, 0.1) is 39.6 Å². The van der Waals surface area contributed by atoms with Crippen LogP contribution in [0.2, 0.25) is 0 Å². The van der Waals surface area contributed by atoms with E-state index < -0.39 is 0 Å². The summed E-state index contributed by atoms with van der Waals surface area (Å²) >= 11 is 0. The fraction of sp³-hybridized carbons (Fsp3) is 0.0541. The average Bonchev–Trinajstić information content (AvgIpc) is 1.45. The molecular formula is C111H82O5. The molecule has 556 valence electrons. The van der Waals surface area contributed by atoms with Crippen molar-refractivity contribution in [3.63, 3.8) is 0 Å². The van der Waals surface area contributed by atoms with E-state index in [2.05, 4.69) is 303 Å². The first kappa shape index (κ1) is 75.0. The number of ether oxygens (including phenoxy) is 4. The van der Waals surface area contributed by atoms with Gasteiger partial charge in [-0.25, -0.2) is 0 Å². The quantitative estimate of drug-likeness (QED) is 0.101. The van der Waals surface area contributed by atoms with Crippen LogP contribution >= 0.6 is 0 Å². The molecule has 20 rings (SSSR count). The summed E-state index contributed by atoms with van der Waals surface area (Å²) in [6.07, 6.45) is 10.6. The monoisotopic (exact) mass is 1490 g/mol. The first-order valence-corrected chi connectivity index (χ1v) is 38.8. The fourth-order valence-corrected chi connectivity index (χ4v) is 16.6. The molecule has 0 bridgehead atoms. The van der Waals surface area contributed by atoms with Crippen LogP contribution in [0, 0.1) is 38.5 Å². The van der Waals surface area contributed by atoms with Gasteiger partial charge in [-0.2, -0.15) is 0 Å². The number of carbonyl (C=O) groups excluding carboxylic acids is 1. The number of benzene rings is 19. The Hall–Kier alpha value is -15.0. The highest BCUT2D eigenvalue weighted by Gasteiger charge is 2.29. The van der Waals surface area contributed by atoms with Crippen molar-refractivity contribution in [2.75, 3.05) is 28.4 Å². The minimum atomic E-state index is 0.101. The molecule has 5 nitrogen and oxygen atoms in total. The second-order valence-electron chi connectivity index (χ2n) is 28.5. The second-order valence-corrected chi connectivity index (χ2v) is 28.5. The van der Waals surface area contributed by atoms with E-state index in [-0.39, 0.29) is 5.78 Å². The maximum Gasteiger partial charge on any atom is 0.195 e. The Bertz CT molecular complexity index is 6480. The predicted octanol–water partition coefficient (Wildman–Crippen LogP) is 25.9. The Balaban J connectivity index is 0.000000114. The minimum Gasteiger partial charge on any atom is -0.496 e. The maximum absolute atomic E-state index is 14.0. The molecule has 0 aliphatic heterocycles. The van der Waals surface area contributed by atoms with Crippen LogP contribution in [0.5, 0.6) is 23.0 Å². The summed E-state index contributed by atoms with van der Waals surface area (Å²) in [6, 6.07) is 132. The van der Waals surface area contributed by atoms with Gasteiger partial charge in [-0.3, -0.25) is 4.79 Å². The number of hydrogen-bond donors (Lipinski definition) is 0. The number of hydrogen-bond acceptors (Lipinski definition) is 5. The molecule has 0 amide bonds. The zero-order valence-electron chi connectivity index (χ0n) is 65.5. The van der Waals surface area contributed by atoms with Crippen LogP contribution < -0.4 is 29.4 Å². The highest BCUT2D eigenvalue weighted by molar-refractivity contribution is 6.45. The van der Waals surface area contributed by atoms with E-state index in [0.717, 1.165) is 66.1 Å². The summed E-state index contributed by atoms with van der Waals surface area (Å²) in [6.45, 7) is 4.00. The van der Waals surface area contributed by atoms with Crippen LogP contribution in [0.25, 0.3) is 142 Å². The molecule has 0 unspecified atom stereocenters. The SMILES string of the molecule is C#Cc1cc(OC)c(C#C)cc1OC.COc1cc(C)c(OC)cc1C.O=C1C(c2ccccc2)=c2c(c3ccccc3c3ccccc23)=C1c1ccccc1.c1ccc(-c2ccc(-c3ccccc3)c3c4ccccc4c4ccccc4c23)cc1.c1ccc(-c2ccc(-c3ccccc3)c3c4ccccc4c4ccccc4c23)cc1. The standard InChI is InChI=1S/2C30H20.C29H18O.C12H10O2.C10H14O2/c2*1-3-11-21(12-4-1)23-19-20-24(22-13-5-2-6-14-22)30-28-18-10-8-16-26(28)25-15-7-9-17-27(25)29(23)30;30-29-25(19-11-3-1-4-12-19)27-23-17-9-7-15-21(23)22-16-8-10-18-24(22)28(27)26(29)20-13-5-2-6-14-20;1-5-9-7-12(14-4)10(6-2)8-11(9)13-3;1-7-5-10(12-4)8(2)6-9(7)11-3/h2*1-20H;1-18H;1-2,7-8H,3-4H3;5-6H,1-4H3. The van der Waals surface area contributed by atoms with Crippen molar-refractivity contribution in [3.05, 3.63) is 420 Å². The van der Waals surface area contributed by atoms with Crippen molar-refractivity contribution in [2.24, 2.45) is 0 Å². The highest BCUT2D eigenvalue weighted by Crippen LogP contribution is 2.47. The first-order valence-electron chi connectivity index (χ1n) is 38.8. The molecule has 5 heteroatoms. The van der Waals surface area contributed by atoms with Crippen LogP contribution in [0.4, 0.5) is 0 Å². The number of rotatable bonds is 10. The normalized spacial score (nSPS) is 11.3. The lowest BCUT2D eigenvalue weighted by atomic mass is 9.85. The summed E-state index contributed by atoms with van der Waals surface area (Å²) in [5, 5.41) is 22.5. The second kappa shape index (κ2) is 33.9. The van der Waals surface area contributed by atoms with Gasteiger partial charge < -0.3 is 18.9 Å². The first-order chi connectivity index (χ1) is 57.1. The van der Waals surface area contributed by atoms with Gasteiger partial charge in [-0.15, -0.1) is 12.8 Å².